The summed E-state index contributed by atoms with van der Waals surface area (Å²) < 4.78 is 14.0. The van der Waals surface area contributed by atoms with E-state index in [1.165, 1.54) is 12.1 Å². The highest BCUT2D eigenvalue weighted by Gasteiger charge is 2.19. The summed E-state index contributed by atoms with van der Waals surface area (Å²) in [6, 6.07) is 12.1. The zero-order chi connectivity index (χ0) is 20.3. The Morgan fingerprint density at radius 2 is 1.82 bits per heavy atom. The van der Waals surface area contributed by atoms with Crippen molar-refractivity contribution in [3.05, 3.63) is 48.3 Å². The Bertz CT molecular complexity index is 958. The van der Waals surface area contributed by atoms with Gasteiger partial charge in [-0.05, 0) is 44.2 Å². The number of anilines is 1. The summed E-state index contributed by atoms with van der Waals surface area (Å²) in [4.78, 5) is 11.5. The Kier molecular flexibility index (Phi) is 6.09. The molecule has 0 fully saturated rings. The molecule has 2 N–H and O–H groups in total. The molecule has 0 aliphatic heterocycles. The van der Waals surface area contributed by atoms with Gasteiger partial charge in [0.15, 0.2) is 5.82 Å². The lowest BCUT2D eigenvalue weighted by Crippen LogP contribution is -2.39. The topological polar surface area (TPSA) is 61.3 Å². The molecule has 1 aromatic heterocycles. The molecule has 0 aliphatic carbocycles. The van der Waals surface area contributed by atoms with Gasteiger partial charge in [0.1, 0.15) is 17.4 Å². The average molecular weight is 382 g/mol. The maximum atomic E-state index is 14.0. The molecule has 0 bridgehead atoms. The molecule has 0 atom stereocenters. The number of aromatic nitrogens is 2. The highest BCUT2D eigenvalue weighted by Crippen LogP contribution is 2.32. The van der Waals surface area contributed by atoms with Crippen LogP contribution in [0.25, 0.3) is 22.3 Å². The van der Waals surface area contributed by atoms with E-state index in [4.69, 9.17) is 4.98 Å². The van der Waals surface area contributed by atoms with E-state index in [1.54, 1.807) is 24.3 Å². The minimum Gasteiger partial charge on any atom is -0.507 e. The van der Waals surface area contributed by atoms with Crippen molar-refractivity contribution in [1.29, 1.82) is 0 Å². The molecule has 5 nitrogen and oxygen atoms in total. The molecule has 0 amide bonds. The van der Waals surface area contributed by atoms with E-state index in [2.05, 4.69) is 42.9 Å². The second-order valence-corrected chi connectivity index (χ2v) is 7.45. The Labute approximate surface area is 165 Å². The van der Waals surface area contributed by atoms with E-state index in [0.717, 1.165) is 13.1 Å². The SMILES string of the molecule is CC(C)NCCN(c1nc(-c2ccccc2O)nc2ccc(F)cc12)C(C)C. The normalized spacial score (nSPS) is 11.5. The Morgan fingerprint density at radius 1 is 1.07 bits per heavy atom. The number of rotatable bonds is 7. The Morgan fingerprint density at radius 3 is 2.50 bits per heavy atom. The third kappa shape index (κ3) is 4.39. The lowest BCUT2D eigenvalue weighted by Gasteiger charge is -2.29. The van der Waals surface area contributed by atoms with Gasteiger partial charge in [0.05, 0.1) is 11.1 Å². The van der Waals surface area contributed by atoms with Crippen LogP contribution in [0.15, 0.2) is 42.5 Å². The molecule has 0 aliphatic rings. The van der Waals surface area contributed by atoms with Gasteiger partial charge in [-0.1, -0.05) is 26.0 Å². The fraction of sp³-hybridized carbons (Fsp3) is 0.364. The third-order valence-corrected chi connectivity index (χ3v) is 4.58. The lowest BCUT2D eigenvalue weighted by molar-refractivity contribution is 0.477. The number of halogens is 1. The second-order valence-electron chi connectivity index (χ2n) is 7.45. The summed E-state index contributed by atoms with van der Waals surface area (Å²) in [5.74, 6) is 0.891. The molecule has 148 valence electrons. The van der Waals surface area contributed by atoms with Crippen LogP contribution in [-0.2, 0) is 0 Å². The summed E-state index contributed by atoms with van der Waals surface area (Å²) in [7, 11) is 0. The monoisotopic (exact) mass is 382 g/mol. The number of hydrogen-bond acceptors (Lipinski definition) is 5. The third-order valence-electron chi connectivity index (χ3n) is 4.58. The van der Waals surface area contributed by atoms with E-state index in [9.17, 15) is 9.50 Å². The van der Waals surface area contributed by atoms with E-state index in [0.29, 0.717) is 34.2 Å². The van der Waals surface area contributed by atoms with Crippen molar-refractivity contribution in [2.24, 2.45) is 0 Å². The number of fused-ring (bicyclic) bond motifs is 1. The first-order chi connectivity index (χ1) is 13.4. The van der Waals surface area contributed by atoms with Gasteiger partial charge in [-0.15, -0.1) is 0 Å². The molecule has 1 heterocycles. The summed E-state index contributed by atoms with van der Waals surface area (Å²) in [5.41, 5.74) is 1.20. The molecule has 3 aromatic rings. The zero-order valence-corrected chi connectivity index (χ0v) is 16.8. The van der Waals surface area contributed by atoms with E-state index in [-0.39, 0.29) is 17.6 Å². The molecule has 0 spiro atoms. The quantitative estimate of drug-likeness (QED) is 0.636. The number of nitrogens with one attached hydrogen (secondary N) is 1. The van der Waals surface area contributed by atoms with E-state index < -0.39 is 0 Å². The predicted octanol–water partition coefficient (Wildman–Crippen LogP) is 4.35. The number of benzene rings is 2. The lowest BCUT2D eigenvalue weighted by atomic mass is 10.1. The van der Waals surface area contributed by atoms with Crippen LogP contribution in [0, 0.1) is 5.82 Å². The number of nitrogens with zero attached hydrogens (tertiary/aromatic N) is 3. The van der Waals surface area contributed by atoms with Crippen LogP contribution in [-0.4, -0.2) is 40.2 Å². The summed E-state index contributed by atoms with van der Waals surface area (Å²) in [6.07, 6.45) is 0. The van der Waals surface area contributed by atoms with Crippen LogP contribution >= 0.6 is 0 Å². The molecule has 0 saturated carbocycles. The maximum absolute atomic E-state index is 14.0. The molecule has 0 unspecified atom stereocenters. The predicted molar refractivity (Wildman–Crippen MR) is 112 cm³/mol. The largest absolute Gasteiger partial charge is 0.507 e. The smallest absolute Gasteiger partial charge is 0.165 e. The number of aromatic hydroxyl groups is 1. The summed E-state index contributed by atoms with van der Waals surface area (Å²) in [6.45, 7) is 9.88. The number of phenolic OH excluding ortho intramolecular Hbond substituents is 1. The Hall–Kier alpha value is -2.73. The number of hydrogen-bond donors (Lipinski definition) is 2. The molecule has 6 heteroatoms. The average Bonchev–Trinajstić information content (AvgIpc) is 2.64. The first kappa shape index (κ1) is 20.0. The summed E-state index contributed by atoms with van der Waals surface area (Å²) >= 11 is 0. The fourth-order valence-corrected chi connectivity index (χ4v) is 3.17. The first-order valence-corrected chi connectivity index (χ1v) is 9.62. The molecule has 0 saturated heterocycles. The minimum absolute atomic E-state index is 0.118. The van der Waals surface area contributed by atoms with Crippen LogP contribution < -0.4 is 10.2 Å². The molecular formula is C22H27FN4O. The van der Waals surface area contributed by atoms with Gasteiger partial charge >= 0.3 is 0 Å². The van der Waals surface area contributed by atoms with Crippen molar-refractivity contribution in [3.63, 3.8) is 0 Å². The van der Waals surface area contributed by atoms with Gasteiger partial charge in [-0.25, -0.2) is 14.4 Å². The van der Waals surface area contributed by atoms with Gasteiger partial charge in [0.2, 0.25) is 0 Å². The van der Waals surface area contributed by atoms with E-state index >= 15 is 0 Å². The van der Waals surface area contributed by atoms with Crippen molar-refractivity contribution < 1.29 is 9.50 Å². The maximum Gasteiger partial charge on any atom is 0.165 e. The van der Waals surface area contributed by atoms with Crippen molar-refractivity contribution in [3.8, 4) is 17.1 Å². The number of phenols is 1. The van der Waals surface area contributed by atoms with Crippen molar-refractivity contribution in [2.45, 2.75) is 39.8 Å². The van der Waals surface area contributed by atoms with Crippen LogP contribution in [0.1, 0.15) is 27.7 Å². The van der Waals surface area contributed by atoms with Gasteiger partial charge in [-0.3, -0.25) is 0 Å². The standard InChI is InChI=1S/C22H27FN4O/c1-14(2)24-11-12-27(15(3)4)22-18-13-16(23)9-10-19(18)25-21(26-22)17-7-5-6-8-20(17)28/h5-10,13-15,24,28H,11-12H2,1-4H3. The highest BCUT2D eigenvalue weighted by atomic mass is 19.1. The molecule has 28 heavy (non-hydrogen) atoms. The van der Waals surface area contributed by atoms with Crippen LogP contribution in [0.4, 0.5) is 10.2 Å². The highest BCUT2D eigenvalue weighted by molar-refractivity contribution is 5.91. The summed E-state index contributed by atoms with van der Waals surface area (Å²) in [5, 5.41) is 14.3. The van der Waals surface area contributed by atoms with Crippen LogP contribution in [0.5, 0.6) is 5.75 Å². The molecular weight excluding hydrogens is 355 g/mol. The fourth-order valence-electron chi connectivity index (χ4n) is 3.17. The second kappa shape index (κ2) is 8.52. The van der Waals surface area contributed by atoms with Gasteiger partial charge < -0.3 is 15.3 Å². The first-order valence-electron chi connectivity index (χ1n) is 9.62. The Balaban J connectivity index is 2.14. The van der Waals surface area contributed by atoms with Crippen LogP contribution in [0.2, 0.25) is 0 Å². The number of para-hydroxylation sites is 1. The zero-order valence-electron chi connectivity index (χ0n) is 16.8. The molecule has 3 rings (SSSR count). The van der Waals surface area contributed by atoms with Gasteiger partial charge in [0, 0.05) is 30.6 Å². The van der Waals surface area contributed by atoms with E-state index in [1.807, 2.05) is 6.07 Å². The van der Waals surface area contributed by atoms with Crippen LogP contribution in [0.3, 0.4) is 0 Å². The molecule has 0 radical (unpaired) electrons. The van der Waals surface area contributed by atoms with Crippen molar-refractivity contribution >= 4 is 16.7 Å². The van der Waals surface area contributed by atoms with Gasteiger partial charge in [0.25, 0.3) is 0 Å². The van der Waals surface area contributed by atoms with Gasteiger partial charge in [-0.2, -0.15) is 0 Å². The molecule has 2 aromatic carbocycles. The minimum atomic E-state index is -0.323. The van der Waals surface area contributed by atoms with Crippen molar-refractivity contribution in [1.82, 2.24) is 15.3 Å². The van der Waals surface area contributed by atoms with Crippen molar-refractivity contribution in [2.75, 3.05) is 18.0 Å².